The second-order valence-electron chi connectivity index (χ2n) is 8.51. The predicted octanol–water partition coefficient (Wildman–Crippen LogP) is 5.01. The van der Waals surface area contributed by atoms with Crippen molar-refractivity contribution in [3.05, 3.63) is 88.7 Å². The van der Waals surface area contributed by atoms with E-state index < -0.39 is 17.6 Å². The molecule has 1 atom stereocenters. The smallest absolute Gasteiger partial charge is 0.371 e. The topological polar surface area (TPSA) is 74.3 Å². The average molecular weight is 483 g/mol. The van der Waals surface area contributed by atoms with Crippen molar-refractivity contribution in [2.45, 2.75) is 25.4 Å². The van der Waals surface area contributed by atoms with Gasteiger partial charge in [0.15, 0.2) is 0 Å². The van der Waals surface area contributed by atoms with Gasteiger partial charge in [-0.2, -0.15) is 13.2 Å². The summed E-state index contributed by atoms with van der Waals surface area (Å²) in [7, 11) is 1.56. The Morgan fingerprint density at radius 1 is 1.06 bits per heavy atom. The lowest BCUT2D eigenvalue weighted by molar-refractivity contribution is -0.137. The quantitative estimate of drug-likeness (QED) is 0.536. The molecule has 2 amide bonds. The minimum atomic E-state index is -4.48. The van der Waals surface area contributed by atoms with Crippen LogP contribution >= 0.6 is 0 Å². The van der Waals surface area contributed by atoms with Gasteiger partial charge in [0.25, 0.3) is 11.8 Å². The third-order valence-electron chi connectivity index (χ3n) is 6.19. The Morgan fingerprint density at radius 2 is 1.86 bits per heavy atom. The van der Waals surface area contributed by atoms with E-state index in [4.69, 9.17) is 0 Å². The van der Waals surface area contributed by atoms with E-state index in [1.165, 1.54) is 12.1 Å². The lowest BCUT2D eigenvalue weighted by atomic mass is 9.92. The van der Waals surface area contributed by atoms with E-state index in [9.17, 15) is 22.8 Å². The summed E-state index contributed by atoms with van der Waals surface area (Å²) < 4.78 is 39.0. The molecular formula is C26H25F3N4O2. The number of nitrogens with one attached hydrogen (secondary N) is 2. The Labute approximate surface area is 201 Å². The molecule has 1 unspecified atom stereocenters. The van der Waals surface area contributed by atoms with Gasteiger partial charge in [-0.1, -0.05) is 12.1 Å². The van der Waals surface area contributed by atoms with Crippen LogP contribution in [0.15, 0.2) is 60.8 Å². The molecule has 2 N–H and O–H groups in total. The molecule has 182 valence electrons. The first-order valence-electron chi connectivity index (χ1n) is 11.2. The van der Waals surface area contributed by atoms with E-state index >= 15 is 0 Å². The summed E-state index contributed by atoms with van der Waals surface area (Å²) in [4.78, 5) is 31.0. The van der Waals surface area contributed by atoms with E-state index in [-0.39, 0.29) is 17.5 Å². The van der Waals surface area contributed by atoms with Crippen molar-refractivity contribution in [1.82, 2.24) is 10.3 Å². The number of alkyl halides is 3. The van der Waals surface area contributed by atoms with Gasteiger partial charge >= 0.3 is 6.18 Å². The van der Waals surface area contributed by atoms with Crippen molar-refractivity contribution in [3.8, 4) is 0 Å². The van der Waals surface area contributed by atoms with E-state index in [1.807, 2.05) is 25.1 Å². The van der Waals surface area contributed by atoms with Crippen LogP contribution in [-0.4, -0.2) is 36.9 Å². The molecular weight excluding hydrogens is 457 g/mol. The number of hydrogen-bond acceptors (Lipinski definition) is 4. The van der Waals surface area contributed by atoms with Crippen LogP contribution in [0.25, 0.3) is 0 Å². The van der Waals surface area contributed by atoms with E-state index in [1.54, 1.807) is 25.4 Å². The highest BCUT2D eigenvalue weighted by Crippen LogP contribution is 2.34. The van der Waals surface area contributed by atoms with Crippen LogP contribution in [0.4, 0.5) is 24.5 Å². The zero-order chi connectivity index (χ0) is 25.2. The monoisotopic (exact) mass is 482 g/mol. The lowest BCUT2D eigenvalue weighted by Crippen LogP contribution is -2.22. The summed E-state index contributed by atoms with van der Waals surface area (Å²) in [6.45, 7) is 3.46. The lowest BCUT2D eigenvalue weighted by Gasteiger charge is -2.20. The van der Waals surface area contributed by atoms with Crippen LogP contribution in [0.2, 0.25) is 0 Å². The van der Waals surface area contributed by atoms with Gasteiger partial charge in [0.1, 0.15) is 5.69 Å². The van der Waals surface area contributed by atoms with Crippen LogP contribution in [0.5, 0.6) is 0 Å². The van der Waals surface area contributed by atoms with Gasteiger partial charge in [-0.15, -0.1) is 0 Å². The van der Waals surface area contributed by atoms with Crippen LogP contribution < -0.4 is 15.5 Å². The fourth-order valence-corrected chi connectivity index (χ4v) is 4.32. The summed E-state index contributed by atoms with van der Waals surface area (Å²) >= 11 is 0. The maximum atomic E-state index is 13.0. The number of carbonyl (C=O) groups excluding carboxylic acids is 2. The molecule has 0 spiro atoms. The Hall–Kier alpha value is -3.88. The van der Waals surface area contributed by atoms with Gasteiger partial charge in [0.05, 0.1) is 5.56 Å². The van der Waals surface area contributed by atoms with E-state index in [0.717, 1.165) is 41.9 Å². The maximum Gasteiger partial charge on any atom is 0.416 e. The van der Waals surface area contributed by atoms with Crippen molar-refractivity contribution in [2.75, 3.05) is 30.4 Å². The zero-order valence-corrected chi connectivity index (χ0v) is 19.3. The molecule has 9 heteroatoms. The molecule has 0 bridgehead atoms. The van der Waals surface area contributed by atoms with Crippen molar-refractivity contribution >= 4 is 23.2 Å². The largest absolute Gasteiger partial charge is 0.416 e. The van der Waals surface area contributed by atoms with Crippen molar-refractivity contribution < 1.29 is 22.8 Å². The first-order valence-corrected chi connectivity index (χ1v) is 11.2. The molecule has 1 aliphatic heterocycles. The molecule has 0 saturated carbocycles. The average Bonchev–Trinajstić information content (AvgIpc) is 3.33. The van der Waals surface area contributed by atoms with Gasteiger partial charge in [-0.25, -0.2) is 0 Å². The molecule has 4 rings (SSSR count). The third kappa shape index (κ3) is 5.45. The normalized spacial score (nSPS) is 15.7. The summed E-state index contributed by atoms with van der Waals surface area (Å²) in [6.07, 6.45) is -2.02. The predicted molar refractivity (Wildman–Crippen MR) is 128 cm³/mol. The summed E-state index contributed by atoms with van der Waals surface area (Å²) in [5.74, 6) is -0.560. The second-order valence-corrected chi connectivity index (χ2v) is 8.51. The van der Waals surface area contributed by atoms with Gasteiger partial charge in [-0.3, -0.25) is 14.6 Å². The fourth-order valence-electron chi connectivity index (χ4n) is 4.32. The Bertz CT molecular complexity index is 1260. The standard InChI is InChI=1S/C26H25F3N4O2/c1-16-6-7-17(24(34)32-20-5-3-4-19(13-20)26(27,28)29)12-22(16)18-9-11-33(15-18)21-8-10-31-23(14-21)25(35)30-2/h3-8,10,12-14,18H,9,11,15H2,1-2H3,(H,30,35)(H,32,34). The second kappa shape index (κ2) is 9.77. The van der Waals surface area contributed by atoms with Gasteiger partial charge in [-0.05, 0) is 66.9 Å². The SMILES string of the molecule is CNC(=O)c1cc(N2CCC(c3cc(C(=O)Nc4cccc(C(F)(F)F)c4)ccc3C)C2)ccn1. The highest BCUT2D eigenvalue weighted by Gasteiger charge is 2.31. The molecule has 1 aliphatic rings. The first-order chi connectivity index (χ1) is 16.7. The van der Waals surface area contributed by atoms with Crippen LogP contribution in [0, 0.1) is 6.92 Å². The highest BCUT2D eigenvalue weighted by atomic mass is 19.4. The molecule has 1 aromatic heterocycles. The summed E-state index contributed by atoms with van der Waals surface area (Å²) in [6, 6.07) is 13.5. The number of aromatic nitrogens is 1. The number of benzene rings is 2. The minimum absolute atomic E-state index is 0.0867. The summed E-state index contributed by atoms with van der Waals surface area (Å²) in [5, 5.41) is 5.14. The van der Waals surface area contributed by atoms with Crippen molar-refractivity contribution in [2.24, 2.45) is 0 Å². The number of carbonyl (C=O) groups is 2. The summed E-state index contributed by atoms with van der Waals surface area (Å²) in [5.41, 5.74) is 2.95. The molecule has 3 aromatic rings. The van der Waals surface area contributed by atoms with E-state index in [0.29, 0.717) is 17.8 Å². The van der Waals surface area contributed by atoms with Crippen LogP contribution in [0.1, 0.15) is 49.9 Å². The Balaban J connectivity index is 1.50. The number of nitrogens with zero attached hydrogens (tertiary/aromatic N) is 2. The van der Waals surface area contributed by atoms with Crippen molar-refractivity contribution in [3.63, 3.8) is 0 Å². The van der Waals surface area contributed by atoms with Gasteiger partial charge in [0.2, 0.25) is 0 Å². The molecule has 1 fully saturated rings. The number of hydrogen-bond donors (Lipinski definition) is 2. The fraction of sp³-hybridized carbons (Fsp3) is 0.269. The van der Waals surface area contributed by atoms with Crippen LogP contribution in [-0.2, 0) is 6.18 Å². The number of aryl methyl sites for hydroxylation is 1. The van der Waals surface area contributed by atoms with Crippen molar-refractivity contribution in [1.29, 1.82) is 0 Å². The zero-order valence-electron chi connectivity index (χ0n) is 19.3. The molecule has 0 radical (unpaired) electrons. The molecule has 0 aliphatic carbocycles. The number of anilines is 2. The molecule has 2 heterocycles. The molecule has 35 heavy (non-hydrogen) atoms. The first kappa shape index (κ1) is 24.3. The minimum Gasteiger partial charge on any atom is -0.371 e. The maximum absolute atomic E-state index is 13.0. The number of pyridine rings is 1. The van der Waals surface area contributed by atoms with Gasteiger partial charge in [0, 0.05) is 49.2 Å². The Kier molecular flexibility index (Phi) is 6.77. The Morgan fingerprint density at radius 3 is 2.60 bits per heavy atom. The number of amides is 2. The van der Waals surface area contributed by atoms with Gasteiger partial charge < -0.3 is 15.5 Å². The molecule has 6 nitrogen and oxygen atoms in total. The number of halogens is 3. The molecule has 2 aromatic carbocycles. The highest BCUT2D eigenvalue weighted by molar-refractivity contribution is 6.04. The number of rotatable bonds is 5. The molecule has 1 saturated heterocycles. The third-order valence-corrected chi connectivity index (χ3v) is 6.19. The van der Waals surface area contributed by atoms with Crippen LogP contribution in [0.3, 0.4) is 0 Å². The van der Waals surface area contributed by atoms with E-state index in [2.05, 4.69) is 20.5 Å².